The van der Waals surface area contributed by atoms with Crippen LogP contribution < -0.4 is 5.32 Å². The fraction of sp³-hybridized carbons (Fsp3) is 0.700. The van der Waals surface area contributed by atoms with Crippen LogP contribution in [0.15, 0.2) is 12.4 Å². The van der Waals surface area contributed by atoms with Gasteiger partial charge in [0.2, 0.25) is 10.0 Å². The zero-order valence-electron chi connectivity index (χ0n) is 10.1. The third-order valence-electron chi connectivity index (χ3n) is 3.03. The van der Waals surface area contributed by atoms with E-state index >= 15 is 0 Å². The molecular weight excluding hydrogens is 240 g/mol. The van der Waals surface area contributed by atoms with Crippen molar-refractivity contribution >= 4 is 10.0 Å². The molecule has 0 amide bonds. The van der Waals surface area contributed by atoms with Gasteiger partial charge in [0, 0.05) is 38.9 Å². The lowest BCUT2D eigenvalue weighted by Crippen LogP contribution is -2.36. The summed E-state index contributed by atoms with van der Waals surface area (Å²) in [7, 11) is 0.250. The quantitative estimate of drug-likeness (QED) is 0.794. The standard InChI is InChI=1S/C10H18N4O2S/c1-13-7-9(5-12-13)8-14(2)17(15,16)10-3-4-11-6-10/h5,7,10-11H,3-4,6,8H2,1-2H3. The highest BCUT2D eigenvalue weighted by molar-refractivity contribution is 7.89. The second-order valence-corrected chi connectivity index (χ2v) is 6.76. The maximum Gasteiger partial charge on any atom is 0.218 e. The van der Waals surface area contributed by atoms with Crippen molar-refractivity contribution in [1.82, 2.24) is 19.4 Å². The molecule has 1 aliphatic heterocycles. The molecule has 2 heterocycles. The van der Waals surface area contributed by atoms with Gasteiger partial charge in [-0.3, -0.25) is 4.68 Å². The van der Waals surface area contributed by atoms with Gasteiger partial charge in [0.05, 0.1) is 11.4 Å². The van der Waals surface area contributed by atoms with Crippen LogP contribution in [-0.4, -0.2) is 47.9 Å². The van der Waals surface area contributed by atoms with Crippen molar-refractivity contribution < 1.29 is 8.42 Å². The number of hydrogen-bond donors (Lipinski definition) is 1. The van der Waals surface area contributed by atoms with E-state index in [1.807, 2.05) is 13.2 Å². The monoisotopic (exact) mass is 258 g/mol. The van der Waals surface area contributed by atoms with Gasteiger partial charge >= 0.3 is 0 Å². The van der Waals surface area contributed by atoms with E-state index in [4.69, 9.17) is 0 Å². The molecule has 1 saturated heterocycles. The van der Waals surface area contributed by atoms with Crippen molar-refractivity contribution in [1.29, 1.82) is 0 Å². The van der Waals surface area contributed by atoms with Crippen LogP contribution in [-0.2, 0) is 23.6 Å². The number of nitrogens with zero attached hydrogens (tertiary/aromatic N) is 3. The molecule has 0 radical (unpaired) electrons. The van der Waals surface area contributed by atoms with Crippen molar-refractivity contribution in [3.63, 3.8) is 0 Å². The molecular formula is C10H18N4O2S. The summed E-state index contributed by atoms with van der Waals surface area (Å²) in [6, 6.07) is 0. The number of sulfonamides is 1. The van der Waals surface area contributed by atoms with E-state index in [9.17, 15) is 8.42 Å². The lowest BCUT2D eigenvalue weighted by atomic mass is 10.4. The second-order valence-electron chi connectivity index (χ2n) is 4.44. The molecule has 0 saturated carbocycles. The first-order chi connectivity index (χ1) is 8.00. The van der Waals surface area contributed by atoms with Gasteiger partial charge in [0.1, 0.15) is 0 Å². The Kier molecular flexibility index (Phi) is 3.50. The van der Waals surface area contributed by atoms with Gasteiger partial charge in [-0.25, -0.2) is 12.7 Å². The predicted molar refractivity (Wildman–Crippen MR) is 64.9 cm³/mol. The van der Waals surface area contributed by atoms with Crippen LogP contribution in [0, 0.1) is 0 Å². The van der Waals surface area contributed by atoms with Crippen LogP contribution in [0.5, 0.6) is 0 Å². The zero-order chi connectivity index (χ0) is 12.5. The Bertz CT molecular complexity index is 476. The fourth-order valence-corrected chi connectivity index (χ4v) is 3.62. The maximum atomic E-state index is 12.2. The highest BCUT2D eigenvalue weighted by atomic mass is 32.2. The second kappa shape index (κ2) is 4.75. The summed E-state index contributed by atoms with van der Waals surface area (Å²) in [6.07, 6.45) is 4.22. The summed E-state index contributed by atoms with van der Waals surface area (Å²) in [5.41, 5.74) is 0.907. The Morgan fingerprint density at radius 2 is 2.41 bits per heavy atom. The Balaban J connectivity index is 2.06. The molecule has 17 heavy (non-hydrogen) atoms. The van der Waals surface area contributed by atoms with Crippen LogP contribution >= 0.6 is 0 Å². The first-order valence-corrected chi connectivity index (χ1v) is 7.14. The first kappa shape index (κ1) is 12.5. The molecule has 1 aliphatic rings. The van der Waals surface area contributed by atoms with Gasteiger partial charge in [-0.15, -0.1) is 0 Å². The van der Waals surface area contributed by atoms with Crippen LogP contribution in [0.4, 0.5) is 0 Å². The summed E-state index contributed by atoms with van der Waals surface area (Å²) in [5, 5.41) is 6.82. The average Bonchev–Trinajstić information content (AvgIpc) is 2.89. The molecule has 6 nitrogen and oxygen atoms in total. The van der Waals surface area contributed by atoms with E-state index in [1.54, 1.807) is 17.9 Å². The van der Waals surface area contributed by atoms with Gasteiger partial charge < -0.3 is 5.32 Å². The van der Waals surface area contributed by atoms with Crippen molar-refractivity contribution in [2.75, 3.05) is 20.1 Å². The summed E-state index contributed by atoms with van der Waals surface area (Å²) < 4.78 is 27.5. The lowest BCUT2D eigenvalue weighted by molar-refractivity contribution is 0.457. The molecule has 96 valence electrons. The normalized spacial score (nSPS) is 21.2. The fourth-order valence-electron chi connectivity index (χ4n) is 2.04. The van der Waals surface area contributed by atoms with Gasteiger partial charge in [-0.05, 0) is 13.0 Å². The number of nitrogens with one attached hydrogen (secondary N) is 1. The van der Waals surface area contributed by atoms with E-state index < -0.39 is 10.0 Å². The van der Waals surface area contributed by atoms with Gasteiger partial charge in [-0.2, -0.15) is 5.10 Å². The van der Waals surface area contributed by atoms with E-state index in [2.05, 4.69) is 10.4 Å². The average molecular weight is 258 g/mol. The molecule has 1 aromatic heterocycles. The number of aromatic nitrogens is 2. The Hall–Kier alpha value is -0.920. The zero-order valence-corrected chi connectivity index (χ0v) is 10.9. The molecule has 1 unspecified atom stereocenters. The van der Waals surface area contributed by atoms with E-state index in [-0.39, 0.29) is 5.25 Å². The van der Waals surface area contributed by atoms with E-state index in [1.165, 1.54) is 4.31 Å². The largest absolute Gasteiger partial charge is 0.315 e. The Morgan fingerprint density at radius 1 is 1.65 bits per heavy atom. The van der Waals surface area contributed by atoms with Crippen molar-refractivity contribution in [3.05, 3.63) is 18.0 Å². The van der Waals surface area contributed by atoms with Crippen molar-refractivity contribution in [3.8, 4) is 0 Å². The van der Waals surface area contributed by atoms with E-state index in [0.717, 1.165) is 12.1 Å². The Morgan fingerprint density at radius 3 is 2.94 bits per heavy atom. The van der Waals surface area contributed by atoms with Crippen molar-refractivity contribution in [2.24, 2.45) is 7.05 Å². The summed E-state index contributed by atoms with van der Waals surface area (Å²) in [6.45, 7) is 1.72. The molecule has 0 bridgehead atoms. The number of rotatable bonds is 4. The lowest BCUT2D eigenvalue weighted by Gasteiger charge is -2.20. The number of hydrogen-bond acceptors (Lipinski definition) is 4. The molecule has 1 aromatic rings. The highest BCUT2D eigenvalue weighted by Crippen LogP contribution is 2.16. The number of aryl methyl sites for hydroxylation is 1. The molecule has 0 spiro atoms. The topological polar surface area (TPSA) is 67.2 Å². The first-order valence-electron chi connectivity index (χ1n) is 5.63. The minimum atomic E-state index is -3.19. The Labute approximate surface area is 102 Å². The van der Waals surface area contributed by atoms with E-state index in [0.29, 0.717) is 19.5 Å². The SMILES string of the molecule is CN(Cc1cnn(C)c1)S(=O)(=O)C1CCNC1. The van der Waals surface area contributed by atoms with Crippen molar-refractivity contribution in [2.45, 2.75) is 18.2 Å². The molecule has 1 atom stereocenters. The maximum absolute atomic E-state index is 12.2. The van der Waals surface area contributed by atoms with Crippen LogP contribution in [0.25, 0.3) is 0 Å². The van der Waals surface area contributed by atoms with Crippen LogP contribution in [0.3, 0.4) is 0 Å². The smallest absolute Gasteiger partial charge is 0.218 e. The molecule has 0 aliphatic carbocycles. The third kappa shape index (κ3) is 2.67. The molecule has 1 N–H and O–H groups in total. The highest BCUT2D eigenvalue weighted by Gasteiger charge is 2.32. The summed E-state index contributed by atoms with van der Waals surface area (Å²) in [4.78, 5) is 0. The minimum Gasteiger partial charge on any atom is -0.315 e. The minimum absolute atomic E-state index is 0.288. The summed E-state index contributed by atoms with van der Waals surface area (Å²) in [5.74, 6) is 0. The predicted octanol–water partition coefficient (Wildman–Crippen LogP) is -0.456. The third-order valence-corrected chi connectivity index (χ3v) is 5.28. The molecule has 1 fully saturated rings. The summed E-state index contributed by atoms with van der Waals surface area (Å²) >= 11 is 0. The van der Waals surface area contributed by atoms with Gasteiger partial charge in [0.25, 0.3) is 0 Å². The molecule has 7 heteroatoms. The van der Waals surface area contributed by atoms with Gasteiger partial charge in [-0.1, -0.05) is 0 Å². The molecule has 0 aromatic carbocycles. The van der Waals surface area contributed by atoms with Crippen LogP contribution in [0.2, 0.25) is 0 Å². The van der Waals surface area contributed by atoms with Gasteiger partial charge in [0.15, 0.2) is 0 Å². The molecule has 2 rings (SSSR count). The van der Waals surface area contributed by atoms with Crippen LogP contribution in [0.1, 0.15) is 12.0 Å².